The van der Waals surface area contributed by atoms with Gasteiger partial charge in [-0.05, 0) is 6.92 Å². The summed E-state index contributed by atoms with van der Waals surface area (Å²) in [4.78, 5) is 19.0. The minimum Gasteiger partial charge on any atom is -0.364 e. The second kappa shape index (κ2) is 5.35. The first-order valence-electron chi connectivity index (χ1n) is 7.31. The van der Waals surface area contributed by atoms with Gasteiger partial charge in [0.05, 0.1) is 12.2 Å². The van der Waals surface area contributed by atoms with Crippen LogP contribution in [0.15, 0.2) is 23.2 Å². The molecule has 2 aromatic heterocycles. The van der Waals surface area contributed by atoms with Gasteiger partial charge < -0.3 is 14.0 Å². The molecule has 0 aliphatic carbocycles. The third-order valence-corrected chi connectivity index (χ3v) is 4.01. The highest BCUT2D eigenvalue weighted by Crippen LogP contribution is 2.23. The highest BCUT2D eigenvalue weighted by Gasteiger charge is 2.28. The standard InChI is InChI=1S/C15H20N4O2/c1-10(2)14-16-5-7-19(14)11(3)15(20)18-6-4-13-12(8-18)9-21-17-13/h5,7,9-11H,4,6,8H2,1-3H3. The highest BCUT2D eigenvalue weighted by atomic mass is 16.5. The fourth-order valence-corrected chi connectivity index (χ4v) is 2.81. The quantitative estimate of drug-likeness (QED) is 0.868. The lowest BCUT2D eigenvalue weighted by Crippen LogP contribution is -2.39. The van der Waals surface area contributed by atoms with Crippen molar-refractivity contribution < 1.29 is 9.32 Å². The summed E-state index contributed by atoms with van der Waals surface area (Å²) in [6, 6.07) is -0.244. The molecule has 6 nitrogen and oxygen atoms in total. The molecule has 0 saturated carbocycles. The molecule has 1 aliphatic rings. The van der Waals surface area contributed by atoms with Crippen molar-refractivity contribution in [3.05, 3.63) is 35.7 Å². The molecular formula is C15H20N4O2. The third kappa shape index (κ3) is 2.46. The summed E-state index contributed by atoms with van der Waals surface area (Å²) in [6.07, 6.45) is 6.03. The maximum Gasteiger partial charge on any atom is 0.245 e. The number of rotatable bonds is 3. The van der Waals surface area contributed by atoms with E-state index in [0.717, 1.165) is 23.5 Å². The molecule has 112 valence electrons. The normalized spacial score (nSPS) is 16.1. The first-order valence-corrected chi connectivity index (χ1v) is 7.31. The molecule has 0 fully saturated rings. The monoisotopic (exact) mass is 288 g/mol. The number of carbonyl (C=O) groups excluding carboxylic acids is 1. The third-order valence-electron chi connectivity index (χ3n) is 4.01. The van der Waals surface area contributed by atoms with E-state index < -0.39 is 0 Å². The zero-order valence-corrected chi connectivity index (χ0v) is 12.6. The van der Waals surface area contributed by atoms with Crippen LogP contribution < -0.4 is 0 Å². The van der Waals surface area contributed by atoms with Gasteiger partial charge in [0, 0.05) is 36.8 Å². The van der Waals surface area contributed by atoms with E-state index in [0.29, 0.717) is 19.0 Å². The predicted molar refractivity (Wildman–Crippen MR) is 76.7 cm³/mol. The average Bonchev–Trinajstić information content (AvgIpc) is 3.13. The van der Waals surface area contributed by atoms with Crippen LogP contribution in [0.5, 0.6) is 0 Å². The molecule has 0 saturated heterocycles. The van der Waals surface area contributed by atoms with Crippen molar-refractivity contribution in [1.82, 2.24) is 19.6 Å². The number of aromatic nitrogens is 3. The number of hydrogen-bond donors (Lipinski definition) is 0. The predicted octanol–water partition coefficient (Wildman–Crippen LogP) is 2.14. The zero-order chi connectivity index (χ0) is 15.0. The topological polar surface area (TPSA) is 64.2 Å². The molecule has 21 heavy (non-hydrogen) atoms. The summed E-state index contributed by atoms with van der Waals surface area (Å²) in [5.74, 6) is 1.35. The second-order valence-corrected chi connectivity index (χ2v) is 5.82. The smallest absolute Gasteiger partial charge is 0.245 e. The fourth-order valence-electron chi connectivity index (χ4n) is 2.81. The molecule has 1 amide bonds. The molecule has 6 heteroatoms. The van der Waals surface area contributed by atoms with Crippen molar-refractivity contribution in [1.29, 1.82) is 0 Å². The fraction of sp³-hybridized carbons (Fsp3) is 0.533. The highest BCUT2D eigenvalue weighted by molar-refractivity contribution is 5.80. The Morgan fingerprint density at radius 2 is 2.19 bits per heavy atom. The van der Waals surface area contributed by atoms with E-state index in [9.17, 15) is 4.79 Å². The number of imidazole rings is 1. The lowest BCUT2D eigenvalue weighted by Gasteiger charge is -2.29. The van der Waals surface area contributed by atoms with Gasteiger partial charge >= 0.3 is 0 Å². The molecule has 0 bridgehead atoms. The van der Waals surface area contributed by atoms with E-state index in [1.54, 1.807) is 12.5 Å². The van der Waals surface area contributed by atoms with Gasteiger partial charge in [-0.2, -0.15) is 0 Å². The van der Waals surface area contributed by atoms with Crippen LogP contribution in [-0.2, 0) is 17.8 Å². The van der Waals surface area contributed by atoms with E-state index in [1.165, 1.54) is 0 Å². The summed E-state index contributed by atoms with van der Waals surface area (Å²) in [5.41, 5.74) is 1.98. The Bertz CT molecular complexity index is 644. The van der Waals surface area contributed by atoms with Crippen LogP contribution >= 0.6 is 0 Å². The van der Waals surface area contributed by atoms with Gasteiger partial charge in [0.2, 0.25) is 5.91 Å². The van der Waals surface area contributed by atoms with Crippen molar-refractivity contribution in [3.8, 4) is 0 Å². The van der Waals surface area contributed by atoms with E-state index >= 15 is 0 Å². The molecule has 3 rings (SSSR count). The molecule has 1 aliphatic heterocycles. The van der Waals surface area contributed by atoms with Crippen LogP contribution in [0.2, 0.25) is 0 Å². The Balaban J connectivity index is 1.78. The molecule has 2 aromatic rings. The Morgan fingerprint density at radius 3 is 2.95 bits per heavy atom. The van der Waals surface area contributed by atoms with Gasteiger partial charge in [0.15, 0.2) is 0 Å². The first kappa shape index (κ1) is 13.9. The number of hydrogen-bond acceptors (Lipinski definition) is 4. The van der Waals surface area contributed by atoms with Crippen LogP contribution in [0.25, 0.3) is 0 Å². The maximum atomic E-state index is 12.7. The summed E-state index contributed by atoms with van der Waals surface area (Å²) in [6.45, 7) is 7.36. The summed E-state index contributed by atoms with van der Waals surface area (Å²) in [7, 11) is 0. The van der Waals surface area contributed by atoms with Crippen LogP contribution in [0.1, 0.15) is 49.8 Å². The van der Waals surface area contributed by atoms with Gasteiger partial charge in [-0.25, -0.2) is 4.98 Å². The van der Waals surface area contributed by atoms with E-state index in [1.807, 2.05) is 22.6 Å². The number of carbonyl (C=O) groups is 1. The molecule has 0 spiro atoms. The molecule has 1 unspecified atom stereocenters. The minimum atomic E-state index is -0.244. The molecular weight excluding hydrogens is 268 g/mol. The molecule has 1 atom stereocenters. The second-order valence-electron chi connectivity index (χ2n) is 5.82. The Labute approximate surface area is 123 Å². The van der Waals surface area contributed by atoms with Crippen LogP contribution in [0, 0.1) is 0 Å². The first-order chi connectivity index (χ1) is 10.1. The maximum absolute atomic E-state index is 12.7. The van der Waals surface area contributed by atoms with Gasteiger partial charge in [0.1, 0.15) is 18.1 Å². The van der Waals surface area contributed by atoms with Crippen LogP contribution in [-0.4, -0.2) is 32.1 Å². The number of fused-ring (bicyclic) bond motifs is 1. The molecule has 0 aromatic carbocycles. The van der Waals surface area contributed by atoms with Crippen molar-refractivity contribution in [3.63, 3.8) is 0 Å². The number of nitrogens with zero attached hydrogens (tertiary/aromatic N) is 4. The van der Waals surface area contributed by atoms with Crippen LogP contribution in [0.4, 0.5) is 0 Å². The van der Waals surface area contributed by atoms with Crippen molar-refractivity contribution in [2.75, 3.05) is 6.54 Å². The Morgan fingerprint density at radius 1 is 1.38 bits per heavy atom. The van der Waals surface area contributed by atoms with E-state index in [-0.39, 0.29) is 11.9 Å². The average molecular weight is 288 g/mol. The molecule has 0 N–H and O–H groups in total. The van der Waals surface area contributed by atoms with Crippen molar-refractivity contribution in [2.24, 2.45) is 0 Å². The Hall–Kier alpha value is -2.11. The van der Waals surface area contributed by atoms with E-state index in [2.05, 4.69) is 24.0 Å². The zero-order valence-electron chi connectivity index (χ0n) is 12.6. The largest absolute Gasteiger partial charge is 0.364 e. The minimum absolute atomic E-state index is 0.113. The lowest BCUT2D eigenvalue weighted by atomic mass is 10.1. The Kier molecular flexibility index (Phi) is 3.53. The van der Waals surface area contributed by atoms with Crippen molar-refractivity contribution in [2.45, 2.75) is 45.7 Å². The van der Waals surface area contributed by atoms with Crippen molar-refractivity contribution >= 4 is 5.91 Å². The SMILES string of the molecule is CC(C)c1nccn1C(C)C(=O)N1CCc2nocc2C1. The summed E-state index contributed by atoms with van der Waals surface area (Å²) >= 11 is 0. The number of amides is 1. The van der Waals surface area contributed by atoms with E-state index in [4.69, 9.17) is 4.52 Å². The van der Waals surface area contributed by atoms with Gasteiger partial charge in [0.25, 0.3) is 0 Å². The van der Waals surface area contributed by atoms with Gasteiger partial charge in [-0.1, -0.05) is 19.0 Å². The molecule has 3 heterocycles. The summed E-state index contributed by atoms with van der Waals surface area (Å²) < 4.78 is 6.94. The summed E-state index contributed by atoms with van der Waals surface area (Å²) in [5, 5.41) is 3.95. The van der Waals surface area contributed by atoms with Crippen LogP contribution in [0.3, 0.4) is 0 Å². The van der Waals surface area contributed by atoms with Gasteiger partial charge in [-0.3, -0.25) is 4.79 Å². The lowest BCUT2D eigenvalue weighted by molar-refractivity contribution is -0.135. The molecule has 0 radical (unpaired) electrons. The van der Waals surface area contributed by atoms with Gasteiger partial charge in [-0.15, -0.1) is 0 Å².